The van der Waals surface area contributed by atoms with Gasteiger partial charge in [0, 0.05) is 38.8 Å². The van der Waals surface area contributed by atoms with Crippen LogP contribution in [0.4, 0.5) is 0 Å². The summed E-state index contributed by atoms with van der Waals surface area (Å²) in [6.07, 6.45) is 29.4. The van der Waals surface area contributed by atoms with E-state index in [-0.39, 0.29) is 42.7 Å². The molecule has 0 radical (unpaired) electrons. The van der Waals surface area contributed by atoms with E-state index in [0.29, 0.717) is 12.3 Å². The van der Waals surface area contributed by atoms with Crippen molar-refractivity contribution in [2.45, 2.75) is 153 Å². The number of aliphatic hydroxyl groups excluding tert-OH is 1. The second-order valence-electron chi connectivity index (χ2n) is 12.9. The number of aliphatic hydroxyl groups is 1. The predicted octanol–water partition coefficient (Wildman–Crippen LogP) is 7.88. The summed E-state index contributed by atoms with van der Waals surface area (Å²) in [4.78, 5) is 0. The van der Waals surface area contributed by atoms with E-state index in [1.165, 1.54) is 64.2 Å². The first-order valence-electron chi connectivity index (χ1n) is 17.4. The van der Waals surface area contributed by atoms with Gasteiger partial charge >= 0.3 is 0 Å². The first kappa shape index (κ1) is 33.1. The van der Waals surface area contributed by atoms with E-state index in [1.54, 1.807) is 0 Å². The zero-order valence-electron chi connectivity index (χ0n) is 26.0. The zero-order valence-corrected chi connectivity index (χ0v) is 26.0. The molecule has 6 heteroatoms. The van der Waals surface area contributed by atoms with Crippen molar-refractivity contribution >= 4 is 0 Å². The van der Waals surface area contributed by atoms with Gasteiger partial charge in [0.15, 0.2) is 12.6 Å². The Hall–Kier alpha value is -0.760. The molecule has 3 aliphatic heterocycles. The van der Waals surface area contributed by atoms with E-state index in [9.17, 15) is 5.11 Å². The van der Waals surface area contributed by atoms with Gasteiger partial charge in [0.05, 0.1) is 18.3 Å². The summed E-state index contributed by atoms with van der Waals surface area (Å²) in [7, 11) is 0. The van der Waals surface area contributed by atoms with E-state index >= 15 is 0 Å². The summed E-state index contributed by atoms with van der Waals surface area (Å²) in [6, 6.07) is 0. The van der Waals surface area contributed by atoms with Crippen LogP contribution in [0, 0.1) is 17.8 Å². The Morgan fingerprint density at radius 2 is 1.49 bits per heavy atom. The van der Waals surface area contributed by atoms with Crippen molar-refractivity contribution in [1.82, 2.24) is 0 Å². The van der Waals surface area contributed by atoms with E-state index in [1.807, 2.05) is 0 Å². The minimum absolute atomic E-state index is 0.00803. The third-order valence-electron chi connectivity index (χ3n) is 9.57. The fourth-order valence-electron chi connectivity index (χ4n) is 7.05. The topological polar surface area (TPSA) is 66.4 Å². The third-order valence-corrected chi connectivity index (χ3v) is 9.57. The Labute approximate surface area is 250 Å². The molecule has 0 amide bonds. The average molecular weight is 577 g/mol. The molecule has 0 aromatic rings. The van der Waals surface area contributed by atoms with Crippen molar-refractivity contribution < 1.29 is 28.8 Å². The van der Waals surface area contributed by atoms with Gasteiger partial charge in [0.25, 0.3) is 0 Å². The molecule has 5 aliphatic rings. The number of hydrogen-bond acceptors (Lipinski definition) is 6. The molecule has 0 aromatic heterocycles. The lowest BCUT2D eigenvalue weighted by Crippen LogP contribution is -2.33. The normalized spacial score (nSPS) is 34.2. The van der Waals surface area contributed by atoms with E-state index in [0.717, 1.165) is 71.4 Å². The highest BCUT2D eigenvalue weighted by molar-refractivity contribution is 5.08. The van der Waals surface area contributed by atoms with Crippen LogP contribution >= 0.6 is 0 Å². The fraction of sp³-hybridized carbons (Fsp3) is 0.886. The lowest BCUT2D eigenvalue weighted by atomic mass is 9.83. The van der Waals surface area contributed by atoms with Crippen LogP contribution < -0.4 is 0 Å². The number of ether oxygens (including phenoxy) is 5. The molecule has 3 saturated heterocycles. The van der Waals surface area contributed by atoms with E-state index in [4.69, 9.17) is 23.7 Å². The number of hydrogen-bond donors (Lipinski definition) is 1. The lowest BCUT2D eigenvalue weighted by Gasteiger charge is -2.33. The second kappa shape index (κ2) is 19.5. The standard InChI is InChI=1S/C31H52O5.C4H8O/c1-2-3-4-5-9-16-25-26(29(23-27(25)32)36-31-18-11-13-22-34-31)19-20-28(24-14-7-6-8-15-24)35-30-17-10-12-21-33-30;1-2-4-5-3-1/h5,9,19-20,24-32H,2-4,6-8,10-18,21-23H2,1H3;1-4H2/b9-5-,20-19+;/t25-,26-,27+,28-,29-,30?,31?;/m1./s1. The van der Waals surface area contributed by atoms with Crippen LogP contribution in [0.15, 0.2) is 24.3 Å². The highest BCUT2D eigenvalue weighted by atomic mass is 16.7. The Morgan fingerprint density at radius 1 is 0.805 bits per heavy atom. The Bertz CT molecular complexity index is 711. The minimum Gasteiger partial charge on any atom is -0.393 e. The van der Waals surface area contributed by atoms with Crippen molar-refractivity contribution in [2.24, 2.45) is 17.8 Å². The zero-order chi connectivity index (χ0) is 28.5. The minimum atomic E-state index is -0.347. The highest BCUT2D eigenvalue weighted by Gasteiger charge is 2.42. The molecule has 0 bridgehead atoms. The number of unbranched alkanes of at least 4 members (excludes halogenated alkanes) is 2. The van der Waals surface area contributed by atoms with Crippen molar-refractivity contribution in [2.75, 3.05) is 26.4 Å². The summed E-state index contributed by atoms with van der Waals surface area (Å²) < 4.78 is 30.0. The first-order chi connectivity index (χ1) is 20.2. The van der Waals surface area contributed by atoms with Crippen LogP contribution in [0.5, 0.6) is 0 Å². The van der Waals surface area contributed by atoms with Gasteiger partial charge < -0.3 is 28.8 Å². The first-order valence-corrected chi connectivity index (χ1v) is 17.4. The maximum atomic E-state index is 11.1. The van der Waals surface area contributed by atoms with Gasteiger partial charge in [0.1, 0.15) is 0 Å². The van der Waals surface area contributed by atoms with Crippen molar-refractivity contribution in [3.05, 3.63) is 24.3 Å². The van der Waals surface area contributed by atoms with Crippen LogP contribution in [0.25, 0.3) is 0 Å². The molecular formula is C35H60O6. The monoisotopic (exact) mass is 576 g/mol. The quantitative estimate of drug-likeness (QED) is 0.188. The van der Waals surface area contributed by atoms with Crippen LogP contribution in [0.3, 0.4) is 0 Å². The molecule has 2 unspecified atom stereocenters. The molecule has 3 heterocycles. The van der Waals surface area contributed by atoms with Gasteiger partial charge in [-0.25, -0.2) is 0 Å². The summed E-state index contributed by atoms with van der Waals surface area (Å²) >= 11 is 0. The summed E-state index contributed by atoms with van der Waals surface area (Å²) in [5, 5.41) is 11.1. The molecule has 5 fully saturated rings. The Morgan fingerprint density at radius 3 is 2.12 bits per heavy atom. The van der Waals surface area contributed by atoms with Gasteiger partial charge in [-0.1, -0.05) is 63.3 Å². The smallest absolute Gasteiger partial charge is 0.158 e. The average Bonchev–Trinajstić information content (AvgIpc) is 3.69. The van der Waals surface area contributed by atoms with Crippen LogP contribution in [-0.2, 0) is 23.7 Å². The van der Waals surface area contributed by atoms with E-state index < -0.39 is 0 Å². The summed E-state index contributed by atoms with van der Waals surface area (Å²) in [5.74, 6) is 0.897. The van der Waals surface area contributed by atoms with Gasteiger partial charge in [-0.15, -0.1) is 0 Å². The molecule has 2 saturated carbocycles. The maximum Gasteiger partial charge on any atom is 0.158 e. The highest BCUT2D eigenvalue weighted by Crippen LogP contribution is 2.40. The van der Waals surface area contributed by atoms with Gasteiger partial charge in [-0.2, -0.15) is 0 Å². The SMILES string of the molecule is C1CCOC1.CCCC/C=C\C[C@@H]1[C@@H](/C=C/[C@@H](OC2CCCCO2)C2CCCCC2)[C@H](OC2CCCCO2)C[C@@H]1O. The predicted molar refractivity (Wildman–Crippen MR) is 164 cm³/mol. The lowest BCUT2D eigenvalue weighted by molar-refractivity contribution is -0.193. The molecule has 7 atom stereocenters. The van der Waals surface area contributed by atoms with Gasteiger partial charge in [0.2, 0.25) is 0 Å². The molecule has 6 nitrogen and oxygen atoms in total. The Balaban J connectivity index is 0.000000699. The fourth-order valence-corrected chi connectivity index (χ4v) is 7.05. The molecule has 0 spiro atoms. The molecule has 41 heavy (non-hydrogen) atoms. The summed E-state index contributed by atoms with van der Waals surface area (Å²) in [6.45, 7) is 5.82. The van der Waals surface area contributed by atoms with Crippen LogP contribution in [0.2, 0.25) is 0 Å². The molecule has 0 aromatic carbocycles. The molecule has 1 N–H and O–H groups in total. The molecular weight excluding hydrogens is 516 g/mol. The van der Waals surface area contributed by atoms with Crippen molar-refractivity contribution in [1.29, 1.82) is 0 Å². The molecule has 2 aliphatic carbocycles. The van der Waals surface area contributed by atoms with Gasteiger partial charge in [-0.05, 0) is 88.9 Å². The third kappa shape index (κ3) is 11.7. The van der Waals surface area contributed by atoms with Crippen LogP contribution in [0.1, 0.15) is 122 Å². The van der Waals surface area contributed by atoms with Crippen LogP contribution in [-0.4, -0.2) is 62.4 Å². The van der Waals surface area contributed by atoms with Gasteiger partial charge in [-0.3, -0.25) is 0 Å². The number of rotatable bonds is 12. The molecule has 5 rings (SSSR count). The summed E-state index contributed by atoms with van der Waals surface area (Å²) in [5.41, 5.74) is 0. The maximum absolute atomic E-state index is 11.1. The largest absolute Gasteiger partial charge is 0.393 e. The van der Waals surface area contributed by atoms with Crippen molar-refractivity contribution in [3.8, 4) is 0 Å². The Kier molecular flexibility index (Phi) is 15.8. The van der Waals surface area contributed by atoms with E-state index in [2.05, 4.69) is 31.2 Å². The second-order valence-corrected chi connectivity index (χ2v) is 12.9. The molecule has 236 valence electrons. The van der Waals surface area contributed by atoms with Crippen molar-refractivity contribution in [3.63, 3.8) is 0 Å². The number of allylic oxidation sites excluding steroid dienone is 2.